The molecule has 7 heteroatoms. The molecule has 3 saturated heterocycles. The molecule has 0 aliphatic carbocycles. The largest absolute Gasteiger partial charge is 0.468 e. The van der Waals surface area contributed by atoms with E-state index in [-0.39, 0.29) is 12.5 Å². The van der Waals surface area contributed by atoms with Crippen molar-refractivity contribution in [2.45, 2.75) is 64.7 Å². The van der Waals surface area contributed by atoms with Crippen LogP contribution in [0, 0.1) is 0 Å². The minimum Gasteiger partial charge on any atom is -0.468 e. The Labute approximate surface area is 229 Å². The molecule has 38 heavy (non-hydrogen) atoms. The van der Waals surface area contributed by atoms with Crippen LogP contribution in [0.15, 0.2) is 48.5 Å². The molecule has 0 radical (unpaired) electrons. The molecular formula is C31H48N4O3. The maximum Gasteiger partial charge on any atom is 0.319 e. The van der Waals surface area contributed by atoms with Gasteiger partial charge in [0.25, 0.3) is 0 Å². The number of rotatable bonds is 9. The number of nitrogens with zero attached hydrogens (tertiary/aromatic N) is 2. The molecule has 3 aliphatic rings. The number of likely N-dealkylation sites (tertiary alicyclic amines) is 2. The number of esters is 1. The standard InChI is InChI=1S/C15H22N2O2.C12H18N2.C4H8O/c1-19-15(18)11-16-10-13-5-4-6-14(9-13)12-17-7-2-3-8-17;13-9-11-4-3-5-12(8-11)10-14-6-1-2-7-14;1-2-4-5-3-1/h4-6,9,16H,2-3,7-8,10-12H2,1H3;3-5,8H,1-2,6-7,9-10,13H2;1-4H2. The first kappa shape index (κ1) is 30.3. The molecule has 0 atom stereocenters. The molecule has 3 fully saturated rings. The summed E-state index contributed by atoms with van der Waals surface area (Å²) < 4.78 is 9.54. The number of nitrogens with two attached hydrogens (primary N) is 1. The fourth-order valence-electron chi connectivity index (χ4n) is 4.98. The monoisotopic (exact) mass is 524 g/mol. The molecule has 3 N–H and O–H groups in total. The maximum absolute atomic E-state index is 11.0. The highest BCUT2D eigenvalue weighted by molar-refractivity contribution is 5.71. The number of benzene rings is 2. The second-order valence-corrected chi connectivity index (χ2v) is 10.3. The Morgan fingerprint density at radius 3 is 1.79 bits per heavy atom. The summed E-state index contributed by atoms with van der Waals surface area (Å²) in [5, 5.41) is 3.09. The van der Waals surface area contributed by atoms with Crippen molar-refractivity contribution in [3.8, 4) is 0 Å². The van der Waals surface area contributed by atoms with Gasteiger partial charge < -0.3 is 20.5 Å². The van der Waals surface area contributed by atoms with Gasteiger partial charge in [-0.05, 0) is 87.0 Å². The summed E-state index contributed by atoms with van der Waals surface area (Å²) in [6, 6.07) is 17.2. The average Bonchev–Trinajstić information content (AvgIpc) is 3.75. The summed E-state index contributed by atoms with van der Waals surface area (Å²) in [6.07, 6.45) is 7.91. The van der Waals surface area contributed by atoms with Gasteiger partial charge in [-0.2, -0.15) is 0 Å². The summed E-state index contributed by atoms with van der Waals surface area (Å²) in [5.41, 5.74) is 10.8. The van der Waals surface area contributed by atoms with Crippen molar-refractivity contribution in [1.82, 2.24) is 15.1 Å². The molecule has 0 saturated carbocycles. The third-order valence-corrected chi connectivity index (χ3v) is 7.08. The van der Waals surface area contributed by atoms with Crippen molar-refractivity contribution >= 4 is 5.97 Å². The highest BCUT2D eigenvalue weighted by atomic mass is 16.5. The number of carbonyl (C=O) groups is 1. The molecule has 3 aliphatic heterocycles. The minimum atomic E-state index is -0.228. The SMILES string of the molecule is C1CCOC1.COC(=O)CNCc1cccc(CN2CCCC2)c1.NCc1cccc(CN2CCCC2)c1. The topological polar surface area (TPSA) is 80.1 Å². The van der Waals surface area contributed by atoms with Gasteiger partial charge in [0.15, 0.2) is 0 Å². The second-order valence-electron chi connectivity index (χ2n) is 10.3. The van der Waals surface area contributed by atoms with Crippen LogP contribution in [0.4, 0.5) is 0 Å². The Balaban J connectivity index is 0.000000183. The lowest BCUT2D eigenvalue weighted by atomic mass is 10.1. The van der Waals surface area contributed by atoms with Crippen molar-refractivity contribution in [2.75, 3.05) is 53.0 Å². The first-order chi connectivity index (χ1) is 18.7. The molecule has 0 bridgehead atoms. The zero-order chi connectivity index (χ0) is 26.8. The van der Waals surface area contributed by atoms with E-state index < -0.39 is 0 Å². The van der Waals surface area contributed by atoms with E-state index in [9.17, 15) is 4.79 Å². The summed E-state index contributed by atoms with van der Waals surface area (Å²) in [6.45, 7) is 10.7. The minimum absolute atomic E-state index is 0.228. The van der Waals surface area contributed by atoms with E-state index in [4.69, 9.17) is 10.5 Å². The molecule has 2 aromatic rings. The molecule has 0 amide bonds. The fourth-order valence-corrected chi connectivity index (χ4v) is 4.98. The number of ether oxygens (including phenoxy) is 2. The predicted octanol–water partition coefficient (Wildman–Crippen LogP) is 4.08. The third-order valence-electron chi connectivity index (χ3n) is 7.08. The van der Waals surface area contributed by atoms with Crippen molar-refractivity contribution < 1.29 is 14.3 Å². The van der Waals surface area contributed by atoms with Gasteiger partial charge in [-0.1, -0.05) is 48.5 Å². The normalized spacial score (nSPS) is 17.4. The van der Waals surface area contributed by atoms with Crippen LogP contribution in [0.1, 0.15) is 60.8 Å². The van der Waals surface area contributed by atoms with Gasteiger partial charge in [-0.3, -0.25) is 14.6 Å². The van der Waals surface area contributed by atoms with E-state index >= 15 is 0 Å². The van der Waals surface area contributed by atoms with E-state index in [1.54, 1.807) is 0 Å². The Bertz CT molecular complexity index is 915. The first-order valence-corrected chi connectivity index (χ1v) is 14.3. The fraction of sp³-hybridized carbons (Fsp3) is 0.581. The van der Waals surface area contributed by atoms with E-state index in [0.717, 1.165) is 26.3 Å². The predicted molar refractivity (Wildman–Crippen MR) is 154 cm³/mol. The molecule has 210 valence electrons. The van der Waals surface area contributed by atoms with Crippen LogP contribution in [-0.2, 0) is 40.4 Å². The van der Waals surface area contributed by atoms with Crippen LogP contribution in [0.2, 0.25) is 0 Å². The average molecular weight is 525 g/mol. The van der Waals surface area contributed by atoms with Gasteiger partial charge >= 0.3 is 5.97 Å². The van der Waals surface area contributed by atoms with Crippen molar-refractivity contribution in [3.63, 3.8) is 0 Å². The highest BCUT2D eigenvalue weighted by Gasteiger charge is 2.12. The molecular weight excluding hydrogens is 476 g/mol. The molecule has 2 aromatic carbocycles. The number of carbonyl (C=O) groups excluding carboxylic acids is 1. The van der Waals surface area contributed by atoms with E-state index in [2.05, 4.69) is 68.4 Å². The Morgan fingerprint density at radius 1 is 0.816 bits per heavy atom. The van der Waals surface area contributed by atoms with Gasteiger partial charge in [0.2, 0.25) is 0 Å². The Morgan fingerprint density at radius 2 is 1.32 bits per heavy atom. The van der Waals surface area contributed by atoms with Gasteiger partial charge in [-0.25, -0.2) is 0 Å². The lowest BCUT2D eigenvalue weighted by Crippen LogP contribution is -2.23. The molecule has 5 rings (SSSR count). The quantitative estimate of drug-likeness (QED) is 0.479. The Kier molecular flexibility index (Phi) is 14.4. The van der Waals surface area contributed by atoms with Crippen molar-refractivity contribution in [3.05, 3.63) is 70.8 Å². The van der Waals surface area contributed by atoms with Gasteiger partial charge in [0.1, 0.15) is 0 Å². The van der Waals surface area contributed by atoms with Crippen LogP contribution in [0.3, 0.4) is 0 Å². The summed E-state index contributed by atoms with van der Waals surface area (Å²) >= 11 is 0. The van der Waals surface area contributed by atoms with Gasteiger partial charge in [-0.15, -0.1) is 0 Å². The molecule has 3 heterocycles. The van der Waals surface area contributed by atoms with Gasteiger partial charge in [0.05, 0.1) is 13.7 Å². The van der Waals surface area contributed by atoms with Crippen LogP contribution in [-0.4, -0.2) is 68.8 Å². The van der Waals surface area contributed by atoms with Crippen molar-refractivity contribution in [1.29, 1.82) is 0 Å². The lowest BCUT2D eigenvalue weighted by Gasteiger charge is -2.15. The van der Waals surface area contributed by atoms with E-state index in [1.807, 2.05) is 0 Å². The first-order valence-electron chi connectivity index (χ1n) is 14.3. The number of nitrogens with one attached hydrogen (secondary N) is 1. The van der Waals surface area contributed by atoms with Crippen LogP contribution < -0.4 is 11.1 Å². The lowest BCUT2D eigenvalue weighted by molar-refractivity contribution is -0.139. The summed E-state index contributed by atoms with van der Waals surface area (Å²) in [7, 11) is 1.40. The van der Waals surface area contributed by atoms with Crippen molar-refractivity contribution in [2.24, 2.45) is 5.73 Å². The van der Waals surface area contributed by atoms with E-state index in [0.29, 0.717) is 13.1 Å². The Hall–Kier alpha value is -2.29. The molecule has 0 spiro atoms. The van der Waals surface area contributed by atoms with Gasteiger partial charge in [0, 0.05) is 39.4 Å². The number of methoxy groups -OCH3 is 1. The molecule has 0 aromatic heterocycles. The van der Waals surface area contributed by atoms with Crippen LogP contribution >= 0.6 is 0 Å². The van der Waals surface area contributed by atoms with Crippen LogP contribution in [0.25, 0.3) is 0 Å². The zero-order valence-electron chi connectivity index (χ0n) is 23.3. The maximum atomic E-state index is 11.0. The zero-order valence-corrected chi connectivity index (χ0v) is 23.3. The smallest absolute Gasteiger partial charge is 0.319 e. The molecule has 0 unspecified atom stereocenters. The number of hydrogen-bond acceptors (Lipinski definition) is 7. The summed E-state index contributed by atoms with van der Waals surface area (Å²) in [4.78, 5) is 16.0. The molecule has 7 nitrogen and oxygen atoms in total. The highest BCUT2D eigenvalue weighted by Crippen LogP contribution is 2.14. The summed E-state index contributed by atoms with van der Waals surface area (Å²) in [5.74, 6) is -0.228. The van der Waals surface area contributed by atoms with Crippen LogP contribution in [0.5, 0.6) is 0 Å². The number of hydrogen-bond donors (Lipinski definition) is 2. The third kappa shape index (κ3) is 12.0. The van der Waals surface area contributed by atoms with E-state index in [1.165, 1.54) is 94.1 Å². The second kappa shape index (κ2) is 18.1.